The van der Waals surface area contributed by atoms with Gasteiger partial charge in [-0.25, -0.2) is 0 Å². The van der Waals surface area contributed by atoms with Gasteiger partial charge in [0.25, 0.3) is 0 Å². The van der Waals surface area contributed by atoms with Gasteiger partial charge in [0, 0.05) is 17.0 Å². The van der Waals surface area contributed by atoms with E-state index >= 15 is 0 Å². The van der Waals surface area contributed by atoms with E-state index in [0.29, 0.717) is 0 Å². The van der Waals surface area contributed by atoms with Crippen molar-refractivity contribution in [2.45, 2.75) is 19.3 Å². The second-order valence-electron chi connectivity index (χ2n) is 5.63. The van der Waals surface area contributed by atoms with E-state index in [1.54, 1.807) is 19.5 Å². The van der Waals surface area contributed by atoms with Crippen LogP contribution in [0.15, 0.2) is 60.9 Å². The van der Waals surface area contributed by atoms with Gasteiger partial charge in [0.2, 0.25) is 5.91 Å². The minimum atomic E-state index is -0.213. The molecule has 24 heavy (non-hydrogen) atoms. The summed E-state index contributed by atoms with van der Waals surface area (Å²) in [6.45, 7) is 2.01. The molecule has 0 saturated heterocycles. The number of nitrogens with zero attached hydrogens (tertiary/aromatic N) is 1. The summed E-state index contributed by atoms with van der Waals surface area (Å²) in [6.07, 6.45) is 4.21. The zero-order chi connectivity index (χ0) is 16.9. The number of ether oxygens (including phenoxy) is 1. The first-order valence-corrected chi connectivity index (χ1v) is 8.00. The molecule has 122 valence electrons. The van der Waals surface area contributed by atoms with Gasteiger partial charge in [-0.15, -0.1) is 0 Å². The molecule has 1 heterocycles. The van der Waals surface area contributed by atoms with Gasteiger partial charge in [0.1, 0.15) is 5.75 Å². The van der Waals surface area contributed by atoms with Crippen molar-refractivity contribution < 1.29 is 9.53 Å². The van der Waals surface area contributed by atoms with E-state index in [0.717, 1.165) is 34.2 Å². The smallest absolute Gasteiger partial charge is 0.231 e. The number of hydrogen-bond donors (Lipinski definition) is 1. The lowest BCUT2D eigenvalue weighted by atomic mass is 9.95. The molecule has 0 fully saturated rings. The maximum Gasteiger partial charge on any atom is 0.231 e. The molecule has 0 aliphatic heterocycles. The van der Waals surface area contributed by atoms with Gasteiger partial charge in [-0.05, 0) is 24.1 Å². The molecule has 0 saturated carbocycles. The molecule has 4 heteroatoms. The number of fused-ring (bicyclic) bond motifs is 1. The lowest BCUT2D eigenvalue weighted by Crippen LogP contribution is -2.21. The highest BCUT2D eigenvalue weighted by Gasteiger charge is 2.19. The van der Waals surface area contributed by atoms with Crippen LogP contribution in [-0.2, 0) is 4.79 Å². The van der Waals surface area contributed by atoms with Crippen molar-refractivity contribution in [3.05, 3.63) is 66.5 Å². The van der Waals surface area contributed by atoms with Gasteiger partial charge in [0.15, 0.2) is 0 Å². The van der Waals surface area contributed by atoms with E-state index in [1.807, 2.05) is 55.5 Å². The highest BCUT2D eigenvalue weighted by atomic mass is 16.5. The molecule has 0 aliphatic carbocycles. The Kier molecular flexibility index (Phi) is 4.75. The lowest BCUT2D eigenvalue weighted by Gasteiger charge is -2.16. The van der Waals surface area contributed by atoms with Crippen LogP contribution in [-0.4, -0.2) is 18.0 Å². The first kappa shape index (κ1) is 16.0. The third-order valence-corrected chi connectivity index (χ3v) is 4.17. The summed E-state index contributed by atoms with van der Waals surface area (Å²) >= 11 is 0. The predicted octanol–water partition coefficient (Wildman–Crippen LogP) is 4.38. The fraction of sp³-hybridized carbons (Fsp3) is 0.200. The molecular formula is C20H20N2O2. The molecule has 2 aromatic carbocycles. The number of amides is 1. The van der Waals surface area contributed by atoms with Crippen molar-refractivity contribution in [3.8, 4) is 5.75 Å². The summed E-state index contributed by atoms with van der Waals surface area (Å²) in [7, 11) is 1.63. The third-order valence-electron chi connectivity index (χ3n) is 4.17. The Hall–Kier alpha value is -2.88. The molecule has 0 radical (unpaired) electrons. The van der Waals surface area contributed by atoms with E-state index < -0.39 is 0 Å². The predicted molar refractivity (Wildman–Crippen MR) is 96.4 cm³/mol. The highest BCUT2D eigenvalue weighted by Crippen LogP contribution is 2.26. The molecule has 0 spiro atoms. The second-order valence-corrected chi connectivity index (χ2v) is 5.63. The van der Waals surface area contributed by atoms with Gasteiger partial charge in [0.05, 0.1) is 24.9 Å². The number of aromatic nitrogens is 1. The van der Waals surface area contributed by atoms with Crippen LogP contribution in [0.25, 0.3) is 10.8 Å². The summed E-state index contributed by atoms with van der Waals surface area (Å²) in [5.41, 5.74) is 1.72. The van der Waals surface area contributed by atoms with E-state index in [2.05, 4.69) is 10.3 Å². The molecule has 1 aromatic heterocycles. The SMILES string of the molecule is CCC(C(=O)Nc1cncc2ccccc12)c1ccc(OC)cc1. The standard InChI is InChI=1S/C20H20N2O2/c1-3-17(14-8-10-16(24-2)11-9-14)20(23)22-19-13-21-12-15-6-4-5-7-18(15)19/h4-13,17H,3H2,1-2H3,(H,22,23). The topological polar surface area (TPSA) is 51.2 Å². The normalized spacial score (nSPS) is 11.9. The molecule has 1 atom stereocenters. The van der Waals surface area contributed by atoms with Crippen LogP contribution in [0.4, 0.5) is 5.69 Å². The van der Waals surface area contributed by atoms with E-state index in [4.69, 9.17) is 4.74 Å². The maximum absolute atomic E-state index is 12.8. The number of carbonyl (C=O) groups excluding carboxylic acids is 1. The van der Waals surface area contributed by atoms with Crippen molar-refractivity contribution in [2.24, 2.45) is 0 Å². The number of benzene rings is 2. The second kappa shape index (κ2) is 7.13. The van der Waals surface area contributed by atoms with Crippen LogP contribution >= 0.6 is 0 Å². The van der Waals surface area contributed by atoms with Gasteiger partial charge >= 0.3 is 0 Å². The summed E-state index contributed by atoms with van der Waals surface area (Å²) in [5, 5.41) is 5.03. The Morgan fingerprint density at radius 2 is 1.88 bits per heavy atom. The minimum absolute atomic E-state index is 0.0270. The fourth-order valence-corrected chi connectivity index (χ4v) is 2.84. The number of carbonyl (C=O) groups is 1. The minimum Gasteiger partial charge on any atom is -0.497 e. The molecular weight excluding hydrogens is 300 g/mol. The largest absolute Gasteiger partial charge is 0.497 e. The lowest BCUT2D eigenvalue weighted by molar-refractivity contribution is -0.117. The number of methoxy groups -OCH3 is 1. The van der Waals surface area contributed by atoms with E-state index in [1.165, 1.54) is 0 Å². The molecule has 3 rings (SSSR count). The third kappa shape index (κ3) is 3.23. The number of anilines is 1. The van der Waals surface area contributed by atoms with Gasteiger partial charge in [-0.2, -0.15) is 0 Å². The van der Waals surface area contributed by atoms with Gasteiger partial charge in [-0.3, -0.25) is 9.78 Å². The van der Waals surface area contributed by atoms with Gasteiger partial charge in [-0.1, -0.05) is 43.3 Å². The van der Waals surface area contributed by atoms with Crippen molar-refractivity contribution in [1.82, 2.24) is 4.98 Å². The Labute approximate surface area is 141 Å². The summed E-state index contributed by atoms with van der Waals surface area (Å²) < 4.78 is 5.18. The van der Waals surface area contributed by atoms with Crippen LogP contribution in [0.5, 0.6) is 5.75 Å². The van der Waals surface area contributed by atoms with Crippen LogP contribution in [0.3, 0.4) is 0 Å². The van der Waals surface area contributed by atoms with E-state index in [9.17, 15) is 4.79 Å². The molecule has 1 unspecified atom stereocenters. The van der Waals surface area contributed by atoms with Crippen LogP contribution in [0.1, 0.15) is 24.8 Å². The Morgan fingerprint density at radius 1 is 1.12 bits per heavy atom. The van der Waals surface area contributed by atoms with Crippen molar-refractivity contribution in [1.29, 1.82) is 0 Å². The van der Waals surface area contributed by atoms with Crippen molar-refractivity contribution >= 4 is 22.4 Å². The first-order valence-electron chi connectivity index (χ1n) is 8.00. The monoisotopic (exact) mass is 320 g/mol. The van der Waals surface area contributed by atoms with Crippen LogP contribution in [0.2, 0.25) is 0 Å². The average molecular weight is 320 g/mol. The quantitative estimate of drug-likeness (QED) is 0.759. The fourth-order valence-electron chi connectivity index (χ4n) is 2.84. The molecule has 0 bridgehead atoms. The van der Waals surface area contributed by atoms with E-state index in [-0.39, 0.29) is 11.8 Å². The highest BCUT2D eigenvalue weighted by molar-refractivity contribution is 6.03. The number of pyridine rings is 1. The number of nitrogens with one attached hydrogen (secondary N) is 1. The molecule has 1 N–H and O–H groups in total. The Bertz CT molecular complexity index is 838. The van der Waals surface area contributed by atoms with Crippen molar-refractivity contribution in [2.75, 3.05) is 12.4 Å². The molecule has 3 aromatic rings. The first-order chi connectivity index (χ1) is 11.7. The molecule has 0 aliphatic rings. The average Bonchev–Trinajstić information content (AvgIpc) is 2.63. The Balaban J connectivity index is 1.86. The van der Waals surface area contributed by atoms with Crippen molar-refractivity contribution in [3.63, 3.8) is 0 Å². The molecule has 1 amide bonds. The zero-order valence-electron chi connectivity index (χ0n) is 13.8. The summed E-state index contributed by atoms with van der Waals surface area (Å²) in [4.78, 5) is 17.0. The Morgan fingerprint density at radius 3 is 2.58 bits per heavy atom. The summed E-state index contributed by atoms with van der Waals surface area (Å²) in [5.74, 6) is 0.544. The maximum atomic E-state index is 12.8. The number of hydrogen-bond acceptors (Lipinski definition) is 3. The van der Waals surface area contributed by atoms with Gasteiger partial charge < -0.3 is 10.1 Å². The zero-order valence-corrected chi connectivity index (χ0v) is 13.8. The van der Waals surface area contributed by atoms with Crippen LogP contribution < -0.4 is 10.1 Å². The number of rotatable bonds is 5. The summed E-state index contributed by atoms with van der Waals surface area (Å²) in [6, 6.07) is 15.5. The van der Waals surface area contributed by atoms with Crippen LogP contribution in [0, 0.1) is 0 Å². The molecule has 4 nitrogen and oxygen atoms in total.